The van der Waals surface area contributed by atoms with Gasteiger partial charge in [-0.3, -0.25) is 14.7 Å². The van der Waals surface area contributed by atoms with Crippen LogP contribution in [0.5, 0.6) is 0 Å². The Morgan fingerprint density at radius 3 is 2.94 bits per heavy atom. The summed E-state index contributed by atoms with van der Waals surface area (Å²) in [6.07, 6.45) is 3.13. The van der Waals surface area contributed by atoms with E-state index < -0.39 is 0 Å². The summed E-state index contributed by atoms with van der Waals surface area (Å²) in [5.41, 5.74) is 6.81. The van der Waals surface area contributed by atoms with Crippen LogP contribution < -0.4 is 5.73 Å². The van der Waals surface area contributed by atoms with Crippen molar-refractivity contribution in [1.82, 2.24) is 14.8 Å². The molecular weight excluding hydrogens is 228 g/mol. The molecule has 1 fully saturated rings. The fourth-order valence-corrected chi connectivity index (χ4v) is 2.42. The maximum absolute atomic E-state index is 12.4. The lowest BCUT2D eigenvalue weighted by Gasteiger charge is -2.39. The number of carbonyl (C=O) groups excluding carboxylic acids is 1. The third-order valence-corrected chi connectivity index (χ3v) is 3.54. The van der Waals surface area contributed by atoms with E-state index in [9.17, 15) is 4.79 Å². The molecule has 0 saturated carbocycles. The maximum atomic E-state index is 12.4. The van der Waals surface area contributed by atoms with E-state index in [1.165, 1.54) is 6.20 Å². The number of anilines is 1. The monoisotopic (exact) mass is 248 g/mol. The molecule has 5 nitrogen and oxygen atoms in total. The Morgan fingerprint density at radius 2 is 2.33 bits per heavy atom. The second-order valence-electron chi connectivity index (χ2n) is 4.69. The minimum absolute atomic E-state index is 0.0116. The van der Waals surface area contributed by atoms with Crippen molar-refractivity contribution in [2.24, 2.45) is 0 Å². The van der Waals surface area contributed by atoms with Gasteiger partial charge in [-0.2, -0.15) is 0 Å². The smallest absolute Gasteiger partial charge is 0.256 e. The Labute approximate surface area is 108 Å². The average Bonchev–Trinajstić information content (AvgIpc) is 2.38. The summed E-state index contributed by atoms with van der Waals surface area (Å²) in [7, 11) is 0. The third kappa shape index (κ3) is 2.46. The Hall–Kier alpha value is -1.62. The molecule has 1 aromatic rings. The number of amides is 1. The molecule has 2 heterocycles. The number of likely N-dealkylation sites (N-methyl/N-ethyl adjacent to an activating group) is 1. The first-order valence-corrected chi connectivity index (χ1v) is 6.36. The lowest BCUT2D eigenvalue weighted by molar-refractivity contribution is 0.0529. The highest BCUT2D eigenvalue weighted by molar-refractivity contribution is 5.98. The molecule has 1 atom stereocenters. The molecule has 98 valence electrons. The van der Waals surface area contributed by atoms with Gasteiger partial charge in [0.25, 0.3) is 5.91 Å². The van der Waals surface area contributed by atoms with Crippen LogP contribution in [0.25, 0.3) is 0 Å². The first kappa shape index (κ1) is 12.8. The molecule has 2 N–H and O–H groups in total. The van der Waals surface area contributed by atoms with Crippen molar-refractivity contribution in [3.8, 4) is 0 Å². The van der Waals surface area contributed by atoms with E-state index in [2.05, 4.69) is 23.7 Å². The van der Waals surface area contributed by atoms with Crippen molar-refractivity contribution in [3.63, 3.8) is 0 Å². The Morgan fingerprint density at radius 1 is 1.56 bits per heavy atom. The molecule has 1 aliphatic heterocycles. The summed E-state index contributed by atoms with van der Waals surface area (Å²) in [5.74, 6) is 0.0116. The van der Waals surface area contributed by atoms with Crippen LogP contribution in [0.2, 0.25) is 0 Å². The Balaban J connectivity index is 2.10. The minimum Gasteiger partial charge on any atom is -0.397 e. The molecule has 1 saturated heterocycles. The number of aromatic nitrogens is 1. The maximum Gasteiger partial charge on any atom is 0.256 e. The second kappa shape index (κ2) is 5.35. The zero-order valence-electron chi connectivity index (χ0n) is 11.0. The number of carbonyl (C=O) groups is 1. The molecule has 2 rings (SSSR count). The summed E-state index contributed by atoms with van der Waals surface area (Å²) in [5, 5.41) is 0. The van der Waals surface area contributed by atoms with Gasteiger partial charge in [-0.05, 0) is 19.5 Å². The van der Waals surface area contributed by atoms with E-state index in [0.717, 1.165) is 26.2 Å². The number of nitrogens with zero attached hydrogens (tertiary/aromatic N) is 3. The van der Waals surface area contributed by atoms with Gasteiger partial charge in [0, 0.05) is 31.9 Å². The van der Waals surface area contributed by atoms with Crippen LogP contribution in [-0.4, -0.2) is 52.9 Å². The lowest BCUT2D eigenvalue weighted by Crippen LogP contribution is -2.53. The number of hydrogen-bond acceptors (Lipinski definition) is 4. The van der Waals surface area contributed by atoms with Gasteiger partial charge in [0.1, 0.15) is 0 Å². The van der Waals surface area contributed by atoms with Gasteiger partial charge in [0.2, 0.25) is 0 Å². The first-order chi connectivity index (χ1) is 8.63. The summed E-state index contributed by atoms with van der Waals surface area (Å²) in [4.78, 5) is 20.5. The fourth-order valence-electron chi connectivity index (χ4n) is 2.42. The summed E-state index contributed by atoms with van der Waals surface area (Å²) in [6, 6.07) is 2.09. The van der Waals surface area contributed by atoms with Gasteiger partial charge < -0.3 is 10.6 Å². The molecule has 0 bridgehead atoms. The number of piperazine rings is 1. The zero-order valence-corrected chi connectivity index (χ0v) is 11.0. The van der Waals surface area contributed by atoms with Crippen LogP contribution >= 0.6 is 0 Å². The second-order valence-corrected chi connectivity index (χ2v) is 4.69. The lowest BCUT2D eigenvalue weighted by atomic mass is 10.1. The molecular formula is C13H20N4O. The average molecular weight is 248 g/mol. The van der Waals surface area contributed by atoms with Crippen molar-refractivity contribution in [2.45, 2.75) is 19.9 Å². The number of nitrogen functional groups attached to an aromatic ring is 1. The SMILES string of the molecule is CCN1CCN(C(=O)c2ccncc2N)CC1C. The Bertz CT molecular complexity index is 435. The van der Waals surface area contributed by atoms with Gasteiger partial charge in [0.15, 0.2) is 0 Å². The van der Waals surface area contributed by atoms with Crippen LogP contribution in [0.1, 0.15) is 24.2 Å². The number of nitrogens with two attached hydrogens (primary N) is 1. The van der Waals surface area contributed by atoms with Crippen molar-refractivity contribution in [1.29, 1.82) is 0 Å². The molecule has 5 heteroatoms. The van der Waals surface area contributed by atoms with E-state index >= 15 is 0 Å². The van der Waals surface area contributed by atoms with Gasteiger partial charge in [-0.25, -0.2) is 0 Å². The summed E-state index contributed by atoms with van der Waals surface area (Å²) >= 11 is 0. The van der Waals surface area contributed by atoms with Gasteiger partial charge >= 0.3 is 0 Å². The highest BCUT2D eigenvalue weighted by atomic mass is 16.2. The van der Waals surface area contributed by atoms with E-state index in [1.807, 2.05) is 4.90 Å². The molecule has 0 aromatic carbocycles. The quantitative estimate of drug-likeness (QED) is 0.842. The standard InChI is InChI=1S/C13H20N4O/c1-3-16-6-7-17(9-10(16)2)13(18)11-4-5-15-8-12(11)14/h4-5,8,10H,3,6-7,9,14H2,1-2H3. The molecule has 18 heavy (non-hydrogen) atoms. The van der Waals surface area contributed by atoms with E-state index in [-0.39, 0.29) is 5.91 Å². The normalized spacial score (nSPS) is 21.0. The molecule has 0 radical (unpaired) electrons. The van der Waals surface area contributed by atoms with Crippen molar-refractivity contribution < 1.29 is 4.79 Å². The predicted octanol–water partition coefficient (Wildman–Crippen LogP) is 0.830. The van der Waals surface area contributed by atoms with Crippen LogP contribution in [0, 0.1) is 0 Å². The van der Waals surface area contributed by atoms with Crippen LogP contribution in [0.15, 0.2) is 18.5 Å². The van der Waals surface area contributed by atoms with Crippen LogP contribution in [-0.2, 0) is 0 Å². The van der Waals surface area contributed by atoms with E-state index in [1.54, 1.807) is 12.3 Å². The van der Waals surface area contributed by atoms with Gasteiger partial charge in [0.05, 0.1) is 17.4 Å². The number of hydrogen-bond donors (Lipinski definition) is 1. The topological polar surface area (TPSA) is 62.5 Å². The zero-order chi connectivity index (χ0) is 13.1. The molecule has 1 aliphatic rings. The van der Waals surface area contributed by atoms with Crippen molar-refractivity contribution >= 4 is 11.6 Å². The number of pyridine rings is 1. The third-order valence-electron chi connectivity index (χ3n) is 3.54. The van der Waals surface area contributed by atoms with Crippen molar-refractivity contribution in [3.05, 3.63) is 24.0 Å². The van der Waals surface area contributed by atoms with Crippen LogP contribution in [0.3, 0.4) is 0 Å². The largest absolute Gasteiger partial charge is 0.397 e. The van der Waals surface area contributed by atoms with E-state index in [4.69, 9.17) is 5.73 Å². The first-order valence-electron chi connectivity index (χ1n) is 6.36. The molecule has 1 unspecified atom stereocenters. The van der Waals surface area contributed by atoms with Gasteiger partial charge in [-0.1, -0.05) is 6.92 Å². The summed E-state index contributed by atoms with van der Waals surface area (Å²) < 4.78 is 0. The highest BCUT2D eigenvalue weighted by Crippen LogP contribution is 2.16. The molecule has 0 aliphatic carbocycles. The Kier molecular flexibility index (Phi) is 3.81. The summed E-state index contributed by atoms with van der Waals surface area (Å²) in [6.45, 7) is 7.77. The van der Waals surface area contributed by atoms with E-state index in [0.29, 0.717) is 17.3 Å². The highest BCUT2D eigenvalue weighted by Gasteiger charge is 2.26. The fraction of sp³-hybridized carbons (Fsp3) is 0.538. The predicted molar refractivity (Wildman–Crippen MR) is 71.3 cm³/mol. The molecule has 1 amide bonds. The van der Waals surface area contributed by atoms with Crippen molar-refractivity contribution in [2.75, 3.05) is 31.9 Å². The van der Waals surface area contributed by atoms with Gasteiger partial charge in [-0.15, -0.1) is 0 Å². The molecule has 0 spiro atoms. The van der Waals surface area contributed by atoms with Crippen LogP contribution in [0.4, 0.5) is 5.69 Å². The molecule has 1 aromatic heterocycles. The number of rotatable bonds is 2. The minimum atomic E-state index is 0.0116.